The Kier molecular flexibility index (Phi) is 7.26. The molecule has 1 N–H and O–H groups in total. The van der Waals surface area contributed by atoms with Gasteiger partial charge in [0.05, 0.1) is 5.75 Å². The van der Waals surface area contributed by atoms with Gasteiger partial charge >= 0.3 is 6.18 Å². The average molecular weight is 517 g/mol. The Balaban J connectivity index is 1.78. The Bertz CT molecular complexity index is 1080. The summed E-state index contributed by atoms with van der Waals surface area (Å²) in [5.41, 5.74) is -5.14. The summed E-state index contributed by atoms with van der Waals surface area (Å²) < 4.78 is 94.1. The van der Waals surface area contributed by atoms with Gasteiger partial charge in [-0.25, -0.2) is 17.6 Å². The zero-order valence-corrected chi connectivity index (χ0v) is 18.4. The van der Waals surface area contributed by atoms with Crippen LogP contribution in [0.25, 0.3) is 0 Å². The van der Waals surface area contributed by atoms with Crippen LogP contribution in [0.5, 0.6) is 0 Å². The minimum Gasteiger partial charge on any atom is -0.362 e. The second kappa shape index (κ2) is 9.52. The highest BCUT2D eigenvalue weighted by atomic mass is 32.2. The zero-order chi connectivity index (χ0) is 25.4. The molecule has 188 valence electrons. The number of alkyl halides is 7. The number of carbonyl (C=O) groups is 1. The first kappa shape index (κ1) is 25.9. The van der Waals surface area contributed by atoms with Gasteiger partial charge in [-0.15, -0.1) is 10.2 Å². The van der Waals surface area contributed by atoms with Crippen LogP contribution in [-0.2, 0) is 17.9 Å². The summed E-state index contributed by atoms with van der Waals surface area (Å²) >= 11 is 0.684. The van der Waals surface area contributed by atoms with E-state index in [1.165, 1.54) is 11.5 Å². The van der Waals surface area contributed by atoms with Gasteiger partial charge in [0, 0.05) is 18.7 Å². The highest BCUT2D eigenvalue weighted by Gasteiger charge is 2.62. The van der Waals surface area contributed by atoms with Crippen LogP contribution in [0.3, 0.4) is 0 Å². The van der Waals surface area contributed by atoms with E-state index in [0.717, 1.165) is 0 Å². The molecule has 1 aliphatic heterocycles. The van der Waals surface area contributed by atoms with Crippen LogP contribution in [-0.4, -0.2) is 63.9 Å². The number of hydrazone groups is 1. The molecule has 0 radical (unpaired) electrons. The molecule has 2 aromatic rings. The third-order valence-corrected chi connectivity index (χ3v) is 5.77. The van der Waals surface area contributed by atoms with Crippen molar-refractivity contribution in [3.63, 3.8) is 0 Å². The van der Waals surface area contributed by atoms with Gasteiger partial charge in [-0.3, -0.25) is 9.48 Å². The SMILES string of the molecule is CCn1c(Cn2nc(C(F)F)cc2C(F)F)nnc1SCC(=O)N1N=C(C)C[C@@]1(O)C(F)(F)F. The molecule has 2 aromatic heterocycles. The number of nitrogens with zero attached hydrogens (tertiary/aromatic N) is 7. The smallest absolute Gasteiger partial charge is 0.362 e. The maximum Gasteiger partial charge on any atom is 0.438 e. The summed E-state index contributed by atoms with van der Waals surface area (Å²) in [6.07, 6.45) is -12.2. The molecule has 1 amide bonds. The predicted molar refractivity (Wildman–Crippen MR) is 103 cm³/mol. The van der Waals surface area contributed by atoms with Crippen LogP contribution in [0.4, 0.5) is 30.7 Å². The van der Waals surface area contributed by atoms with Crippen molar-refractivity contribution < 1.29 is 40.6 Å². The molecule has 9 nitrogen and oxygen atoms in total. The van der Waals surface area contributed by atoms with Gasteiger partial charge in [0.25, 0.3) is 24.5 Å². The lowest BCUT2D eigenvalue weighted by molar-refractivity contribution is -0.301. The van der Waals surface area contributed by atoms with Crippen molar-refractivity contribution in [2.24, 2.45) is 5.10 Å². The largest absolute Gasteiger partial charge is 0.438 e. The fourth-order valence-corrected chi connectivity index (χ4v) is 4.11. The summed E-state index contributed by atoms with van der Waals surface area (Å²) in [6.45, 7) is 2.58. The van der Waals surface area contributed by atoms with Crippen LogP contribution >= 0.6 is 11.8 Å². The molecule has 0 aliphatic carbocycles. The monoisotopic (exact) mass is 517 g/mol. The minimum atomic E-state index is -5.14. The number of hydrogen-bond donors (Lipinski definition) is 1. The average Bonchev–Trinajstić information content (AvgIpc) is 3.41. The minimum absolute atomic E-state index is 0.0204. The molecule has 0 bridgehead atoms. The van der Waals surface area contributed by atoms with E-state index in [4.69, 9.17) is 0 Å². The highest BCUT2D eigenvalue weighted by Crippen LogP contribution is 2.40. The summed E-state index contributed by atoms with van der Waals surface area (Å²) in [7, 11) is 0. The van der Waals surface area contributed by atoms with E-state index in [9.17, 15) is 40.6 Å². The molecular weight excluding hydrogens is 499 g/mol. The molecule has 0 aromatic carbocycles. The van der Waals surface area contributed by atoms with Crippen LogP contribution in [0.15, 0.2) is 16.3 Å². The number of halogens is 7. The lowest BCUT2D eigenvalue weighted by atomic mass is 10.1. The Labute approximate surface area is 191 Å². The van der Waals surface area contributed by atoms with Crippen LogP contribution in [0, 0.1) is 0 Å². The predicted octanol–water partition coefficient (Wildman–Crippen LogP) is 3.37. The number of rotatable bonds is 8. The second-order valence-electron chi connectivity index (χ2n) is 7.22. The van der Waals surface area contributed by atoms with Gasteiger partial charge in [-0.1, -0.05) is 11.8 Å². The van der Waals surface area contributed by atoms with Gasteiger partial charge in [0.2, 0.25) is 0 Å². The number of thioether (sulfide) groups is 1. The number of aliphatic hydroxyl groups is 1. The molecular formula is C17H18F7N7O2S. The van der Waals surface area contributed by atoms with Crippen molar-refractivity contribution in [3.8, 4) is 0 Å². The van der Waals surface area contributed by atoms with Crippen LogP contribution in [0.1, 0.15) is 50.3 Å². The van der Waals surface area contributed by atoms with Gasteiger partial charge < -0.3 is 9.67 Å². The topological polar surface area (TPSA) is 101 Å². The van der Waals surface area contributed by atoms with Crippen molar-refractivity contribution >= 4 is 23.4 Å². The molecule has 0 spiro atoms. The van der Waals surface area contributed by atoms with E-state index >= 15 is 0 Å². The van der Waals surface area contributed by atoms with Crippen molar-refractivity contribution in [3.05, 3.63) is 23.3 Å². The summed E-state index contributed by atoms with van der Waals surface area (Å²) in [5.74, 6) is -1.71. The first-order chi connectivity index (χ1) is 15.8. The summed E-state index contributed by atoms with van der Waals surface area (Å²) in [6, 6.07) is 0.580. The van der Waals surface area contributed by atoms with Gasteiger partial charge in [0.15, 0.2) is 11.0 Å². The van der Waals surface area contributed by atoms with Crippen molar-refractivity contribution in [1.29, 1.82) is 0 Å². The molecule has 3 heterocycles. The number of hydrogen-bond acceptors (Lipinski definition) is 7. The van der Waals surface area contributed by atoms with E-state index in [0.29, 0.717) is 22.5 Å². The molecule has 0 saturated carbocycles. The van der Waals surface area contributed by atoms with Crippen LogP contribution < -0.4 is 0 Å². The first-order valence-electron chi connectivity index (χ1n) is 9.63. The normalized spacial score (nSPS) is 18.9. The van der Waals surface area contributed by atoms with E-state index in [2.05, 4.69) is 20.4 Å². The Morgan fingerprint density at radius 2 is 1.91 bits per heavy atom. The lowest BCUT2D eigenvalue weighted by Crippen LogP contribution is -2.57. The molecule has 0 unspecified atom stereocenters. The maximum atomic E-state index is 13.3. The third kappa shape index (κ3) is 4.89. The molecule has 1 aliphatic rings. The highest BCUT2D eigenvalue weighted by molar-refractivity contribution is 7.99. The second-order valence-corrected chi connectivity index (χ2v) is 8.16. The Morgan fingerprint density at radius 3 is 2.47 bits per heavy atom. The molecule has 17 heteroatoms. The first-order valence-corrected chi connectivity index (χ1v) is 10.6. The van der Waals surface area contributed by atoms with Gasteiger partial charge in [0.1, 0.15) is 17.9 Å². The van der Waals surface area contributed by atoms with Gasteiger partial charge in [-0.05, 0) is 19.9 Å². The van der Waals surface area contributed by atoms with Crippen molar-refractivity contribution in [2.45, 2.75) is 63.3 Å². The zero-order valence-electron chi connectivity index (χ0n) is 17.6. The molecule has 0 saturated heterocycles. The molecule has 3 rings (SSSR count). The van der Waals surface area contributed by atoms with E-state index < -0.39 is 60.8 Å². The Morgan fingerprint density at radius 1 is 1.24 bits per heavy atom. The molecule has 1 atom stereocenters. The van der Waals surface area contributed by atoms with E-state index in [1.54, 1.807) is 6.92 Å². The van der Waals surface area contributed by atoms with Gasteiger partial charge in [-0.2, -0.15) is 28.4 Å². The number of amides is 1. The van der Waals surface area contributed by atoms with E-state index in [-0.39, 0.29) is 28.2 Å². The number of aromatic nitrogens is 5. The quantitative estimate of drug-likeness (QED) is 0.426. The van der Waals surface area contributed by atoms with Crippen molar-refractivity contribution in [1.82, 2.24) is 29.6 Å². The lowest BCUT2D eigenvalue weighted by Gasteiger charge is -2.32. The number of carbonyl (C=O) groups excluding carboxylic acids is 1. The fourth-order valence-electron chi connectivity index (χ4n) is 3.25. The van der Waals surface area contributed by atoms with Crippen LogP contribution in [0.2, 0.25) is 0 Å². The van der Waals surface area contributed by atoms with Crippen molar-refractivity contribution in [2.75, 3.05) is 5.75 Å². The summed E-state index contributed by atoms with van der Waals surface area (Å²) in [5, 5.41) is 24.6. The summed E-state index contributed by atoms with van der Waals surface area (Å²) in [4.78, 5) is 12.4. The third-order valence-electron chi connectivity index (χ3n) is 4.82. The fraction of sp³-hybridized carbons (Fsp3) is 0.588. The molecule has 0 fully saturated rings. The Hall–Kier alpha value is -2.69. The standard InChI is InChI=1S/C17H18F7N7O2S/c1-3-29-11(6-30-10(14(20)21)4-9(28-30)13(18)19)25-26-15(29)34-7-12(32)31-16(33,17(22,23)24)5-8(2)27-31/h4,13-14,33H,3,5-7H2,1-2H3/t16-/m1/s1. The maximum absolute atomic E-state index is 13.3. The molecule has 34 heavy (non-hydrogen) atoms. The van der Waals surface area contributed by atoms with E-state index in [1.807, 2.05) is 0 Å².